The first-order valence-electron chi connectivity index (χ1n) is 16.8. The van der Waals surface area contributed by atoms with Crippen molar-refractivity contribution in [3.05, 3.63) is 0 Å². The summed E-state index contributed by atoms with van der Waals surface area (Å²) in [5.41, 5.74) is -1.06. The Bertz CT molecular complexity index is 1150. The zero-order chi connectivity index (χ0) is 32.0. The second-order valence-corrected chi connectivity index (χ2v) is 14.9. The number of hydrogen-bond donors (Lipinski definition) is 2. The van der Waals surface area contributed by atoms with Crippen molar-refractivity contribution in [3.63, 3.8) is 0 Å². The third-order valence-electron chi connectivity index (χ3n) is 12.6. The number of hydrogen-bond acceptors (Lipinski definition) is 9. The molecule has 0 unspecified atom stereocenters. The minimum absolute atomic E-state index is 0.0170. The van der Waals surface area contributed by atoms with Crippen LogP contribution in [0.5, 0.6) is 0 Å². The fourth-order valence-electron chi connectivity index (χ4n) is 10.6. The highest BCUT2D eigenvalue weighted by Gasteiger charge is 2.70. The Kier molecular flexibility index (Phi) is 9.51. The monoisotopic (exact) mass is 616 g/mol. The number of Topliss-reactive ketones (excluding diaryl/α,β-unsaturated/α-hetero) is 1. The van der Waals surface area contributed by atoms with Gasteiger partial charge in [0.1, 0.15) is 12.2 Å². The van der Waals surface area contributed by atoms with Crippen LogP contribution in [-0.2, 0) is 38.2 Å². The van der Waals surface area contributed by atoms with Gasteiger partial charge in [-0.3, -0.25) is 24.0 Å². The van der Waals surface area contributed by atoms with Gasteiger partial charge in [0, 0.05) is 31.6 Å². The quantitative estimate of drug-likeness (QED) is 0.309. The molecule has 1 saturated heterocycles. The van der Waals surface area contributed by atoms with Gasteiger partial charge in [-0.2, -0.15) is 0 Å². The predicted octanol–water partition coefficient (Wildman–Crippen LogP) is 3.73. The Morgan fingerprint density at radius 1 is 1.02 bits per heavy atom. The van der Waals surface area contributed by atoms with Crippen LogP contribution in [0.15, 0.2) is 0 Å². The van der Waals surface area contributed by atoms with Gasteiger partial charge in [-0.1, -0.05) is 20.8 Å². The van der Waals surface area contributed by atoms with E-state index in [0.29, 0.717) is 32.1 Å². The molecule has 4 saturated carbocycles. The standard InChI is InChI=1S/C34H52N2O8/c1-18(9-12-27(39)42-6)23-10-11-24-28-26(44-20(3)38)17-21-16-22(43-19(2)37)13-14-33(21,4)29(28)30(31(40)34(23,24)5)36-32(41)25-8-7-15-35-25/h18,21-26,28-30,35H,7-17H2,1-6H3,(H,36,41)/t18-,21+,22-,23-,24+,25-,26-,28-,29-,30+,33+,34-/m1/s1. The van der Waals surface area contributed by atoms with Crippen molar-refractivity contribution in [1.29, 1.82) is 0 Å². The molecule has 1 heterocycles. The number of ketones is 1. The lowest BCUT2D eigenvalue weighted by Gasteiger charge is -2.64. The number of rotatable bonds is 8. The highest BCUT2D eigenvalue weighted by Crippen LogP contribution is 2.68. The van der Waals surface area contributed by atoms with E-state index in [0.717, 1.165) is 38.6 Å². The van der Waals surface area contributed by atoms with Gasteiger partial charge in [0.15, 0.2) is 5.78 Å². The Hall–Kier alpha value is -2.49. The summed E-state index contributed by atoms with van der Waals surface area (Å²) < 4.78 is 16.7. The fraction of sp³-hybridized carbons (Fsp3) is 0.853. The van der Waals surface area contributed by atoms with Gasteiger partial charge in [-0.25, -0.2) is 0 Å². The van der Waals surface area contributed by atoms with Crippen molar-refractivity contribution >= 4 is 29.6 Å². The molecule has 10 heteroatoms. The van der Waals surface area contributed by atoms with Gasteiger partial charge in [-0.05, 0) is 99.3 Å². The Morgan fingerprint density at radius 3 is 2.39 bits per heavy atom. The molecule has 0 aromatic rings. The average Bonchev–Trinajstić information content (AvgIpc) is 3.63. The zero-order valence-corrected chi connectivity index (χ0v) is 27.3. The molecule has 5 aliphatic rings. The number of carbonyl (C=O) groups excluding carboxylic acids is 5. The van der Waals surface area contributed by atoms with Gasteiger partial charge in [0.2, 0.25) is 5.91 Å². The van der Waals surface area contributed by atoms with Crippen molar-refractivity contribution in [1.82, 2.24) is 10.6 Å². The van der Waals surface area contributed by atoms with Crippen LogP contribution in [0.25, 0.3) is 0 Å². The molecule has 246 valence electrons. The van der Waals surface area contributed by atoms with E-state index >= 15 is 4.79 Å². The summed E-state index contributed by atoms with van der Waals surface area (Å²) in [5, 5.41) is 6.58. The number of fused-ring (bicyclic) bond motifs is 5. The molecular weight excluding hydrogens is 564 g/mol. The summed E-state index contributed by atoms with van der Waals surface area (Å²) in [6.07, 6.45) is 6.34. The molecule has 0 spiro atoms. The third kappa shape index (κ3) is 5.80. The summed E-state index contributed by atoms with van der Waals surface area (Å²) in [5.74, 6) is -1.14. The van der Waals surface area contributed by atoms with Crippen molar-refractivity contribution < 1.29 is 38.2 Å². The van der Waals surface area contributed by atoms with Crippen LogP contribution in [0.3, 0.4) is 0 Å². The first-order valence-corrected chi connectivity index (χ1v) is 16.8. The van der Waals surface area contributed by atoms with Crippen molar-refractivity contribution in [2.45, 2.75) is 123 Å². The molecule has 10 nitrogen and oxygen atoms in total. The lowest BCUT2D eigenvalue weighted by Crippen LogP contribution is -2.71. The lowest BCUT2D eigenvalue weighted by atomic mass is 9.42. The highest BCUT2D eigenvalue weighted by atomic mass is 16.5. The van der Waals surface area contributed by atoms with Gasteiger partial charge in [-0.15, -0.1) is 0 Å². The minimum atomic E-state index is -0.742. The van der Waals surface area contributed by atoms with E-state index in [1.165, 1.54) is 21.0 Å². The summed E-state index contributed by atoms with van der Waals surface area (Å²) >= 11 is 0. The van der Waals surface area contributed by atoms with Gasteiger partial charge in [0.05, 0.1) is 19.2 Å². The second-order valence-electron chi connectivity index (χ2n) is 14.9. The topological polar surface area (TPSA) is 137 Å². The zero-order valence-electron chi connectivity index (χ0n) is 27.3. The third-order valence-corrected chi connectivity index (χ3v) is 12.6. The molecule has 0 radical (unpaired) electrons. The number of methoxy groups -OCH3 is 1. The molecule has 0 bridgehead atoms. The summed E-state index contributed by atoms with van der Waals surface area (Å²) in [6, 6.07) is -1.05. The number of ether oxygens (including phenoxy) is 3. The Morgan fingerprint density at radius 2 is 1.75 bits per heavy atom. The van der Waals surface area contributed by atoms with Crippen LogP contribution in [0, 0.1) is 46.3 Å². The molecular formula is C34H52N2O8. The smallest absolute Gasteiger partial charge is 0.305 e. The number of carbonyl (C=O) groups is 5. The molecule has 5 rings (SSSR count). The fourth-order valence-corrected chi connectivity index (χ4v) is 10.6. The van der Waals surface area contributed by atoms with E-state index in [9.17, 15) is 19.2 Å². The van der Waals surface area contributed by atoms with Gasteiger partial charge in [0.25, 0.3) is 0 Å². The first-order chi connectivity index (χ1) is 20.8. The van der Waals surface area contributed by atoms with Crippen LogP contribution in [0.1, 0.15) is 98.8 Å². The Balaban J connectivity index is 1.56. The number of esters is 3. The van der Waals surface area contributed by atoms with E-state index in [4.69, 9.17) is 14.2 Å². The van der Waals surface area contributed by atoms with Crippen molar-refractivity contribution in [3.8, 4) is 0 Å². The summed E-state index contributed by atoms with van der Waals surface area (Å²) in [4.78, 5) is 65.3. The lowest BCUT2D eigenvalue weighted by molar-refractivity contribution is -0.203. The predicted molar refractivity (Wildman–Crippen MR) is 161 cm³/mol. The molecule has 0 aromatic heterocycles. The number of amides is 1. The van der Waals surface area contributed by atoms with Crippen LogP contribution < -0.4 is 10.6 Å². The summed E-state index contributed by atoms with van der Waals surface area (Å²) in [6.45, 7) is 10.1. The largest absolute Gasteiger partial charge is 0.469 e. The molecule has 1 amide bonds. The van der Waals surface area contributed by atoms with Crippen molar-refractivity contribution in [2.75, 3.05) is 13.7 Å². The summed E-state index contributed by atoms with van der Waals surface area (Å²) in [7, 11) is 1.39. The molecule has 1 aliphatic heterocycles. The maximum atomic E-state index is 15.1. The molecule has 12 atom stereocenters. The molecule has 4 aliphatic carbocycles. The Labute approximate surface area is 261 Å². The molecule has 44 heavy (non-hydrogen) atoms. The second kappa shape index (κ2) is 12.7. The maximum Gasteiger partial charge on any atom is 0.305 e. The SMILES string of the molecule is COC(=O)CC[C@@H](C)[C@H]1CC[C@H]2[C@H]3[C@H]([C@H](NC(=O)[C@H]4CCCN4)C(=O)[C@]12C)[C@@]1(C)CC[C@@H](OC(C)=O)C[C@H]1C[C@H]3OC(C)=O. The van der Waals surface area contributed by atoms with Crippen LogP contribution >= 0.6 is 0 Å². The minimum Gasteiger partial charge on any atom is -0.469 e. The first kappa shape index (κ1) is 32.9. The van der Waals surface area contributed by atoms with E-state index < -0.39 is 17.6 Å². The van der Waals surface area contributed by atoms with Gasteiger partial charge < -0.3 is 24.8 Å². The highest BCUT2D eigenvalue weighted by molar-refractivity contribution is 5.96. The maximum absolute atomic E-state index is 15.1. The molecule has 2 N–H and O–H groups in total. The van der Waals surface area contributed by atoms with Crippen molar-refractivity contribution in [2.24, 2.45) is 46.3 Å². The van der Waals surface area contributed by atoms with E-state index in [2.05, 4.69) is 31.4 Å². The van der Waals surface area contributed by atoms with Crippen LogP contribution in [-0.4, -0.2) is 67.5 Å². The molecule has 0 aromatic carbocycles. The van der Waals surface area contributed by atoms with E-state index in [1.54, 1.807) is 0 Å². The molecule has 5 fully saturated rings. The van der Waals surface area contributed by atoms with E-state index in [1.807, 2.05) is 0 Å². The normalized spacial score (nSPS) is 41.9. The van der Waals surface area contributed by atoms with E-state index in [-0.39, 0.29) is 82.7 Å². The van der Waals surface area contributed by atoms with Crippen LogP contribution in [0.2, 0.25) is 0 Å². The number of nitrogens with one attached hydrogen (secondary N) is 2. The van der Waals surface area contributed by atoms with Crippen LogP contribution in [0.4, 0.5) is 0 Å². The average molecular weight is 617 g/mol. The van der Waals surface area contributed by atoms with Gasteiger partial charge >= 0.3 is 17.9 Å².